The molecule has 3 aromatic rings. The van der Waals surface area contributed by atoms with Gasteiger partial charge in [0.05, 0.1) is 25.7 Å². The number of hydrogen-bond donors (Lipinski definition) is 0. The molecule has 45 heavy (non-hydrogen) atoms. The molecule has 8 heteroatoms. The molecule has 2 heterocycles. The molecule has 2 amide bonds. The summed E-state index contributed by atoms with van der Waals surface area (Å²) in [4.78, 5) is 32.6. The highest BCUT2D eigenvalue weighted by Gasteiger charge is 2.37. The van der Waals surface area contributed by atoms with E-state index in [0.29, 0.717) is 34.3 Å². The first-order valence-electron chi connectivity index (χ1n) is 16.3. The predicted molar refractivity (Wildman–Crippen MR) is 180 cm³/mol. The van der Waals surface area contributed by atoms with Crippen molar-refractivity contribution in [3.63, 3.8) is 0 Å². The SMILES string of the molecule is CC[C@@H](C)Oc1cc2c(cc1OC)CC(=O)N(c1ccc(N(C)CC3CCN(C(=O)C4CC4)CC3)cc1)C2c1ccc(Cl)cc1. The molecule has 2 aliphatic heterocycles. The van der Waals surface area contributed by atoms with Crippen molar-refractivity contribution in [2.75, 3.05) is 43.6 Å². The van der Waals surface area contributed by atoms with Gasteiger partial charge in [0.25, 0.3) is 0 Å². The number of likely N-dealkylation sites (tertiary alicyclic amines) is 1. The number of benzene rings is 3. The van der Waals surface area contributed by atoms with Crippen LogP contribution in [0.15, 0.2) is 60.7 Å². The highest BCUT2D eigenvalue weighted by molar-refractivity contribution is 6.30. The molecule has 0 radical (unpaired) electrons. The first kappa shape index (κ1) is 31.3. The molecule has 2 fully saturated rings. The van der Waals surface area contributed by atoms with E-state index in [0.717, 1.165) is 79.8 Å². The Bertz CT molecular complexity index is 1510. The standard InChI is InChI=1S/C37H44ClN3O4/c1-5-24(2)45-34-22-32-28(20-33(34)44-4)21-35(42)41(36(32)26-8-10-29(38)11-9-26)31-14-12-30(13-15-31)39(3)23-25-16-18-40(19-17-25)37(43)27-6-7-27/h8-15,20,22,24-25,27,36H,5-7,16-19,21,23H2,1-4H3/t24-,36?/m1/s1. The Labute approximate surface area is 272 Å². The lowest BCUT2D eigenvalue weighted by atomic mass is 9.86. The van der Waals surface area contributed by atoms with E-state index in [1.165, 1.54) is 0 Å². The van der Waals surface area contributed by atoms with Crippen LogP contribution in [0.3, 0.4) is 0 Å². The van der Waals surface area contributed by atoms with Gasteiger partial charge in [0.2, 0.25) is 11.8 Å². The number of hydrogen-bond acceptors (Lipinski definition) is 5. The third-order valence-corrected chi connectivity index (χ3v) is 9.88. The summed E-state index contributed by atoms with van der Waals surface area (Å²) in [5.41, 5.74) is 4.88. The van der Waals surface area contributed by atoms with Gasteiger partial charge >= 0.3 is 0 Å². The molecule has 0 aromatic heterocycles. The summed E-state index contributed by atoms with van der Waals surface area (Å²) in [6.07, 6.45) is 5.37. The van der Waals surface area contributed by atoms with E-state index >= 15 is 0 Å². The van der Waals surface area contributed by atoms with Crippen molar-refractivity contribution < 1.29 is 19.1 Å². The second-order valence-electron chi connectivity index (χ2n) is 12.9. The van der Waals surface area contributed by atoms with E-state index in [4.69, 9.17) is 21.1 Å². The molecule has 0 spiro atoms. The number of fused-ring (bicyclic) bond motifs is 1. The topological polar surface area (TPSA) is 62.3 Å². The van der Waals surface area contributed by atoms with Gasteiger partial charge in [-0.05, 0) is 110 Å². The third-order valence-electron chi connectivity index (χ3n) is 9.63. The lowest BCUT2D eigenvalue weighted by Crippen LogP contribution is -2.42. The van der Waals surface area contributed by atoms with Gasteiger partial charge in [-0.25, -0.2) is 0 Å². The Morgan fingerprint density at radius 2 is 1.69 bits per heavy atom. The zero-order chi connectivity index (χ0) is 31.7. The van der Waals surface area contributed by atoms with Crippen LogP contribution in [0.1, 0.15) is 68.7 Å². The molecule has 1 saturated heterocycles. The molecule has 3 aliphatic rings. The zero-order valence-corrected chi connectivity index (χ0v) is 27.6. The van der Waals surface area contributed by atoms with E-state index in [9.17, 15) is 9.59 Å². The molecule has 1 aliphatic carbocycles. The van der Waals surface area contributed by atoms with Crippen molar-refractivity contribution in [1.29, 1.82) is 0 Å². The number of nitrogens with zero attached hydrogens (tertiary/aromatic N) is 3. The molecule has 7 nitrogen and oxygen atoms in total. The molecule has 238 valence electrons. The Hall–Kier alpha value is -3.71. The van der Waals surface area contributed by atoms with Crippen LogP contribution in [-0.2, 0) is 16.0 Å². The Morgan fingerprint density at radius 3 is 2.31 bits per heavy atom. The van der Waals surface area contributed by atoms with Gasteiger partial charge < -0.3 is 24.2 Å². The fourth-order valence-corrected chi connectivity index (χ4v) is 6.79. The first-order chi connectivity index (χ1) is 21.7. The van der Waals surface area contributed by atoms with E-state index in [1.807, 2.05) is 48.2 Å². The number of methoxy groups -OCH3 is 1. The van der Waals surface area contributed by atoms with Crippen molar-refractivity contribution in [2.45, 2.75) is 64.5 Å². The molecular formula is C37H44ClN3O4. The summed E-state index contributed by atoms with van der Waals surface area (Å²) in [6, 6.07) is 19.7. The smallest absolute Gasteiger partial charge is 0.232 e. The lowest BCUT2D eigenvalue weighted by Gasteiger charge is -2.38. The normalized spacial score (nSPS) is 19.2. The van der Waals surface area contributed by atoms with Crippen molar-refractivity contribution in [1.82, 2.24) is 4.90 Å². The van der Waals surface area contributed by atoms with Crippen molar-refractivity contribution >= 4 is 34.8 Å². The van der Waals surface area contributed by atoms with E-state index in [-0.39, 0.29) is 24.5 Å². The molecule has 6 rings (SSSR count). The second kappa shape index (κ2) is 13.3. The minimum Gasteiger partial charge on any atom is -0.493 e. The summed E-state index contributed by atoms with van der Waals surface area (Å²) >= 11 is 6.28. The van der Waals surface area contributed by atoms with Gasteiger partial charge in [0, 0.05) is 49.0 Å². The number of amides is 2. The fraction of sp³-hybridized carbons (Fsp3) is 0.459. The summed E-state index contributed by atoms with van der Waals surface area (Å²) in [5, 5.41) is 0.649. The Kier molecular flexibility index (Phi) is 9.27. The summed E-state index contributed by atoms with van der Waals surface area (Å²) in [6.45, 7) is 6.81. The number of rotatable bonds is 10. The monoisotopic (exact) mass is 629 g/mol. The maximum absolute atomic E-state index is 13.9. The second-order valence-corrected chi connectivity index (χ2v) is 13.3. The van der Waals surface area contributed by atoms with E-state index in [2.05, 4.69) is 48.0 Å². The number of anilines is 2. The average Bonchev–Trinajstić information content (AvgIpc) is 3.90. The van der Waals surface area contributed by atoms with Gasteiger partial charge in [-0.2, -0.15) is 0 Å². The van der Waals surface area contributed by atoms with Crippen LogP contribution in [0.5, 0.6) is 11.5 Å². The first-order valence-corrected chi connectivity index (χ1v) is 16.7. The molecule has 1 unspecified atom stereocenters. The van der Waals surface area contributed by atoms with Crippen LogP contribution in [0.25, 0.3) is 0 Å². The van der Waals surface area contributed by atoms with Crippen LogP contribution in [0.2, 0.25) is 5.02 Å². The minimum atomic E-state index is -0.351. The summed E-state index contributed by atoms with van der Waals surface area (Å²) < 4.78 is 12.0. The minimum absolute atomic E-state index is 0.0220. The average molecular weight is 630 g/mol. The van der Waals surface area contributed by atoms with Crippen molar-refractivity contribution in [3.05, 3.63) is 82.4 Å². The van der Waals surface area contributed by atoms with Crippen LogP contribution < -0.4 is 19.3 Å². The molecule has 0 bridgehead atoms. The quantitative estimate of drug-likeness (QED) is 0.236. The predicted octanol–water partition coefficient (Wildman–Crippen LogP) is 7.29. The van der Waals surface area contributed by atoms with Gasteiger partial charge in [-0.1, -0.05) is 30.7 Å². The maximum Gasteiger partial charge on any atom is 0.232 e. The maximum atomic E-state index is 13.9. The van der Waals surface area contributed by atoms with E-state index in [1.54, 1.807) is 7.11 Å². The zero-order valence-electron chi connectivity index (χ0n) is 26.8. The van der Waals surface area contributed by atoms with Crippen LogP contribution in [0, 0.1) is 11.8 Å². The third kappa shape index (κ3) is 6.79. The molecule has 0 N–H and O–H groups in total. The van der Waals surface area contributed by atoms with E-state index < -0.39 is 0 Å². The summed E-state index contributed by atoms with van der Waals surface area (Å²) in [7, 11) is 3.76. The van der Waals surface area contributed by atoms with Gasteiger partial charge in [0.15, 0.2) is 11.5 Å². The van der Waals surface area contributed by atoms with Gasteiger partial charge in [-0.3, -0.25) is 9.59 Å². The van der Waals surface area contributed by atoms with Crippen LogP contribution >= 0.6 is 11.6 Å². The number of ether oxygens (including phenoxy) is 2. The highest BCUT2D eigenvalue weighted by atomic mass is 35.5. The fourth-order valence-electron chi connectivity index (χ4n) is 6.66. The highest BCUT2D eigenvalue weighted by Crippen LogP contribution is 2.44. The van der Waals surface area contributed by atoms with Crippen molar-refractivity contribution in [2.24, 2.45) is 11.8 Å². The van der Waals surface area contributed by atoms with Gasteiger partial charge in [-0.15, -0.1) is 0 Å². The Morgan fingerprint density at radius 1 is 1.00 bits per heavy atom. The number of halogens is 1. The Balaban J connectivity index is 1.24. The van der Waals surface area contributed by atoms with Crippen molar-refractivity contribution in [3.8, 4) is 11.5 Å². The van der Waals surface area contributed by atoms with Gasteiger partial charge in [0.1, 0.15) is 0 Å². The number of carbonyl (C=O) groups excluding carboxylic acids is 2. The molecule has 1 saturated carbocycles. The largest absolute Gasteiger partial charge is 0.493 e. The lowest BCUT2D eigenvalue weighted by molar-refractivity contribution is -0.133. The molecular weight excluding hydrogens is 586 g/mol. The molecule has 3 aromatic carbocycles. The summed E-state index contributed by atoms with van der Waals surface area (Å²) in [5.74, 6) is 2.55. The molecule has 2 atom stereocenters. The number of carbonyl (C=O) groups is 2. The van der Waals surface area contributed by atoms with Crippen LogP contribution in [-0.4, -0.2) is 56.6 Å². The number of piperidine rings is 1. The van der Waals surface area contributed by atoms with Crippen LogP contribution in [0.4, 0.5) is 11.4 Å².